The van der Waals surface area contributed by atoms with E-state index >= 15 is 0 Å². The van der Waals surface area contributed by atoms with Crippen molar-refractivity contribution in [3.63, 3.8) is 0 Å². The monoisotopic (exact) mass is 438 g/mol. The first kappa shape index (κ1) is 21.7. The van der Waals surface area contributed by atoms with Crippen molar-refractivity contribution in [3.8, 4) is 0 Å². The zero-order valence-corrected chi connectivity index (χ0v) is 18.4. The SMILES string of the molecule is CCOC(=O)c1cc(Cc2ccccc2)sc1NC(=S)Nc1cccc(C(C)=O)c1. The molecule has 0 saturated heterocycles. The Labute approximate surface area is 185 Å². The highest BCUT2D eigenvalue weighted by Gasteiger charge is 2.18. The fourth-order valence-corrected chi connectivity index (χ4v) is 4.23. The molecule has 1 heterocycles. The Kier molecular flexibility index (Phi) is 7.32. The van der Waals surface area contributed by atoms with E-state index in [2.05, 4.69) is 10.6 Å². The topological polar surface area (TPSA) is 67.4 Å². The smallest absolute Gasteiger partial charge is 0.341 e. The maximum atomic E-state index is 12.4. The number of Topliss-reactive ketones (excluding diaryl/α,β-unsaturated/α-hetero) is 1. The molecule has 0 atom stereocenters. The molecule has 0 spiro atoms. The van der Waals surface area contributed by atoms with Crippen LogP contribution in [0.5, 0.6) is 0 Å². The van der Waals surface area contributed by atoms with Gasteiger partial charge in [-0.05, 0) is 49.8 Å². The van der Waals surface area contributed by atoms with Crippen LogP contribution in [0.15, 0.2) is 60.7 Å². The van der Waals surface area contributed by atoms with Gasteiger partial charge in [0, 0.05) is 22.5 Å². The number of carbonyl (C=O) groups excluding carboxylic acids is 2. The standard InChI is InChI=1S/C23H22N2O3S2/c1-3-28-22(27)20-14-19(12-16-8-5-4-6-9-16)30-21(20)25-23(29)24-18-11-7-10-17(13-18)15(2)26/h4-11,13-14H,3,12H2,1-2H3,(H2,24,25,29). The third-order valence-corrected chi connectivity index (χ3v) is 5.51. The van der Waals surface area contributed by atoms with Gasteiger partial charge in [-0.2, -0.15) is 0 Å². The van der Waals surface area contributed by atoms with E-state index in [9.17, 15) is 9.59 Å². The fourth-order valence-electron chi connectivity index (χ4n) is 2.86. The van der Waals surface area contributed by atoms with E-state index in [0.29, 0.717) is 40.0 Å². The molecule has 0 bridgehead atoms. The number of anilines is 2. The highest BCUT2D eigenvalue weighted by atomic mass is 32.1. The molecular weight excluding hydrogens is 416 g/mol. The molecule has 0 saturated carbocycles. The second-order valence-corrected chi connectivity index (χ2v) is 8.10. The van der Waals surface area contributed by atoms with Gasteiger partial charge in [0.2, 0.25) is 0 Å². The van der Waals surface area contributed by atoms with Crippen molar-refractivity contribution in [1.82, 2.24) is 0 Å². The predicted molar refractivity (Wildman–Crippen MR) is 126 cm³/mol. The molecule has 3 aromatic rings. The van der Waals surface area contributed by atoms with Crippen LogP contribution in [-0.2, 0) is 11.2 Å². The molecule has 0 fully saturated rings. The maximum Gasteiger partial charge on any atom is 0.341 e. The minimum Gasteiger partial charge on any atom is -0.462 e. The van der Waals surface area contributed by atoms with E-state index in [-0.39, 0.29) is 5.78 Å². The number of nitrogens with one attached hydrogen (secondary N) is 2. The lowest BCUT2D eigenvalue weighted by Crippen LogP contribution is -2.20. The van der Waals surface area contributed by atoms with Crippen molar-refractivity contribution in [2.75, 3.05) is 17.2 Å². The number of thiocarbonyl (C=S) groups is 1. The number of thiophene rings is 1. The van der Waals surface area contributed by atoms with E-state index < -0.39 is 5.97 Å². The molecule has 0 aliphatic heterocycles. The third kappa shape index (κ3) is 5.75. The third-order valence-electron chi connectivity index (χ3n) is 4.25. The first-order chi connectivity index (χ1) is 14.5. The maximum absolute atomic E-state index is 12.4. The van der Waals surface area contributed by atoms with Crippen LogP contribution in [0.2, 0.25) is 0 Å². The van der Waals surface area contributed by atoms with Crippen LogP contribution in [0.4, 0.5) is 10.7 Å². The molecule has 0 aliphatic rings. The van der Waals surface area contributed by atoms with Crippen molar-refractivity contribution in [2.24, 2.45) is 0 Å². The van der Waals surface area contributed by atoms with E-state index in [0.717, 1.165) is 10.4 Å². The summed E-state index contributed by atoms with van der Waals surface area (Å²) < 4.78 is 5.20. The number of hydrogen-bond donors (Lipinski definition) is 2. The zero-order valence-electron chi connectivity index (χ0n) is 16.7. The van der Waals surface area contributed by atoms with Crippen molar-refractivity contribution < 1.29 is 14.3 Å². The van der Waals surface area contributed by atoms with Crippen molar-refractivity contribution in [1.29, 1.82) is 0 Å². The van der Waals surface area contributed by atoms with Gasteiger partial charge in [0.15, 0.2) is 10.9 Å². The summed E-state index contributed by atoms with van der Waals surface area (Å²) in [5.74, 6) is -0.414. The van der Waals surface area contributed by atoms with Gasteiger partial charge in [-0.3, -0.25) is 4.79 Å². The molecule has 2 aromatic carbocycles. The summed E-state index contributed by atoms with van der Waals surface area (Å²) in [5, 5.41) is 7.12. The minimum atomic E-state index is -0.392. The average Bonchev–Trinajstić information content (AvgIpc) is 3.11. The van der Waals surface area contributed by atoms with Crippen molar-refractivity contribution >= 4 is 51.1 Å². The molecule has 0 amide bonds. The summed E-state index contributed by atoms with van der Waals surface area (Å²) in [4.78, 5) is 25.0. The lowest BCUT2D eigenvalue weighted by atomic mass is 10.1. The van der Waals surface area contributed by atoms with Gasteiger partial charge in [0.05, 0.1) is 12.2 Å². The largest absolute Gasteiger partial charge is 0.462 e. The second-order valence-electron chi connectivity index (χ2n) is 6.55. The number of carbonyl (C=O) groups is 2. The summed E-state index contributed by atoms with van der Waals surface area (Å²) in [5.41, 5.74) is 2.90. The van der Waals surface area contributed by atoms with Crippen LogP contribution >= 0.6 is 23.6 Å². The van der Waals surface area contributed by atoms with Gasteiger partial charge in [-0.25, -0.2) is 4.79 Å². The van der Waals surface area contributed by atoms with Crippen LogP contribution in [0.25, 0.3) is 0 Å². The molecule has 0 unspecified atom stereocenters. The molecule has 30 heavy (non-hydrogen) atoms. The van der Waals surface area contributed by atoms with E-state index in [1.54, 1.807) is 25.1 Å². The Morgan fingerprint density at radius 3 is 2.50 bits per heavy atom. The lowest BCUT2D eigenvalue weighted by molar-refractivity contribution is 0.0528. The molecule has 3 rings (SSSR count). The van der Waals surface area contributed by atoms with Gasteiger partial charge >= 0.3 is 5.97 Å². The Bertz CT molecular complexity index is 1060. The van der Waals surface area contributed by atoms with Crippen molar-refractivity contribution in [2.45, 2.75) is 20.3 Å². The van der Waals surface area contributed by atoms with Crippen LogP contribution in [0.3, 0.4) is 0 Å². The zero-order chi connectivity index (χ0) is 21.5. The Morgan fingerprint density at radius 2 is 1.80 bits per heavy atom. The lowest BCUT2D eigenvalue weighted by Gasteiger charge is -2.11. The quantitative estimate of drug-likeness (QED) is 0.287. The summed E-state index contributed by atoms with van der Waals surface area (Å²) in [7, 11) is 0. The van der Waals surface area contributed by atoms with Crippen LogP contribution < -0.4 is 10.6 Å². The number of hydrogen-bond acceptors (Lipinski definition) is 5. The summed E-state index contributed by atoms with van der Waals surface area (Å²) in [6.45, 7) is 3.58. The van der Waals surface area contributed by atoms with E-state index in [4.69, 9.17) is 17.0 Å². The van der Waals surface area contributed by atoms with Gasteiger partial charge < -0.3 is 15.4 Å². The van der Waals surface area contributed by atoms with Crippen molar-refractivity contribution in [3.05, 3.63) is 82.2 Å². The van der Waals surface area contributed by atoms with Gasteiger partial charge in [-0.15, -0.1) is 11.3 Å². The molecule has 0 aliphatic carbocycles. The van der Waals surface area contributed by atoms with Gasteiger partial charge in [0.25, 0.3) is 0 Å². The molecule has 5 nitrogen and oxygen atoms in total. The summed E-state index contributed by atoms with van der Waals surface area (Å²) in [6.07, 6.45) is 0.709. The highest BCUT2D eigenvalue weighted by Crippen LogP contribution is 2.31. The molecule has 1 aromatic heterocycles. The number of rotatable bonds is 7. The molecular formula is C23H22N2O3S2. The van der Waals surface area contributed by atoms with Crippen LogP contribution in [-0.4, -0.2) is 23.5 Å². The number of ketones is 1. The Morgan fingerprint density at radius 1 is 1.03 bits per heavy atom. The highest BCUT2D eigenvalue weighted by molar-refractivity contribution is 7.80. The molecule has 2 N–H and O–H groups in total. The first-order valence-corrected chi connectivity index (χ1v) is 10.7. The minimum absolute atomic E-state index is 0.0223. The molecule has 154 valence electrons. The average molecular weight is 439 g/mol. The predicted octanol–water partition coefficient (Wildman–Crippen LogP) is 5.53. The normalized spacial score (nSPS) is 10.3. The van der Waals surface area contributed by atoms with E-state index in [1.807, 2.05) is 42.5 Å². The van der Waals surface area contributed by atoms with Crippen LogP contribution in [0.1, 0.15) is 45.0 Å². The summed E-state index contributed by atoms with van der Waals surface area (Å²) >= 11 is 6.89. The number of esters is 1. The van der Waals surface area contributed by atoms with Gasteiger partial charge in [-0.1, -0.05) is 42.5 Å². The Balaban J connectivity index is 1.79. The molecule has 0 radical (unpaired) electrons. The number of benzene rings is 2. The summed E-state index contributed by atoms with van der Waals surface area (Å²) in [6, 6.07) is 19.0. The Hall–Kier alpha value is -3.03. The van der Waals surface area contributed by atoms with Crippen LogP contribution in [0, 0.1) is 0 Å². The van der Waals surface area contributed by atoms with E-state index in [1.165, 1.54) is 18.3 Å². The second kappa shape index (κ2) is 10.1. The fraction of sp³-hybridized carbons (Fsp3) is 0.174. The number of ether oxygens (including phenoxy) is 1. The first-order valence-electron chi connectivity index (χ1n) is 9.49. The van der Waals surface area contributed by atoms with Gasteiger partial charge in [0.1, 0.15) is 5.00 Å². The molecule has 7 heteroatoms.